The van der Waals surface area contributed by atoms with Crippen LogP contribution in [-0.2, 0) is 14.2 Å². The van der Waals surface area contributed by atoms with Gasteiger partial charge in [0.15, 0.2) is 0 Å². The van der Waals surface area contributed by atoms with Crippen molar-refractivity contribution in [2.45, 2.75) is 56.8 Å². The second kappa shape index (κ2) is 6.20. The molecule has 96 valence electrons. The largest absolute Gasteiger partial charge is 0.379 e. The van der Waals surface area contributed by atoms with Crippen molar-refractivity contribution in [3.8, 4) is 0 Å². The van der Waals surface area contributed by atoms with Crippen molar-refractivity contribution in [1.29, 1.82) is 0 Å². The van der Waals surface area contributed by atoms with Gasteiger partial charge in [0.2, 0.25) is 0 Å². The molecular formula is C12H23ClO3. The molecule has 3 atom stereocenters. The third-order valence-electron chi connectivity index (χ3n) is 3.13. The number of alkyl halides is 1. The minimum Gasteiger partial charge on any atom is -0.379 e. The fraction of sp³-hybridized carbons (Fsp3) is 1.00. The second-order valence-corrected chi connectivity index (χ2v) is 5.36. The van der Waals surface area contributed by atoms with Gasteiger partial charge in [-0.2, -0.15) is 0 Å². The highest BCUT2D eigenvalue weighted by Crippen LogP contribution is 2.32. The van der Waals surface area contributed by atoms with E-state index < -0.39 is 0 Å². The predicted octanol–water partition coefficient (Wildman–Crippen LogP) is 2.60. The standard InChI is InChI=1S/C12H23ClO3/c1-5-15-11-9(13)8-10(11)16-7-6-12(2,3)14-4/h9-11H,5-8H2,1-4H3. The predicted molar refractivity (Wildman–Crippen MR) is 65.1 cm³/mol. The van der Waals surface area contributed by atoms with E-state index in [0.29, 0.717) is 13.2 Å². The van der Waals surface area contributed by atoms with E-state index in [1.54, 1.807) is 7.11 Å². The summed E-state index contributed by atoms with van der Waals surface area (Å²) in [4.78, 5) is 0. The van der Waals surface area contributed by atoms with Crippen LogP contribution < -0.4 is 0 Å². The Morgan fingerprint density at radius 2 is 2.00 bits per heavy atom. The van der Waals surface area contributed by atoms with Gasteiger partial charge in [0.1, 0.15) is 6.10 Å². The van der Waals surface area contributed by atoms with Crippen molar-refractivity contribution in [2.75, 3.05) is 20.3 Å². The van der Waals surface area contributed by atoms with Crippen LogP contribution in [0.2, 0.25) is 0 Å². The smallest absolute Gasteiger partial charge is 0.100 e. The summed E-state index contributed by atoms with van der Waals surface area (Å²) in [6.45, 7) is 7.48. The van der Waals surface area contributed by atoms with Gasteiger partial charge in [0, 0.05) is 20.3 Å². The molecule has 3 nitrogen and oxygen atoms in total. The minimum atomic E-state index is -0.120. The second-order valence-electron chi connectivity index (χ2n) is 4.79. The molecule has 0 aromatic heterocycles. The maximum Gasteiger partial charge on any atom is 0.100 e. The van der Waals surface area contributed by atoms with E-state index >= 15 is 0 Å². The van der Waals surface area contributed by atoms with Gasteiger partial charge in [-0.05, 0) is 33.6 Å². The van der Waals surface area contributed by atoms with Crippen LogP contribution in [0.3, 0.4) is 0 Å². The lowest BCUT2D eigenvalue weighted by Gasteiger charge is -2.40. The molecule has 0 saturated heterocycles. The van der Waals surface area contributed by atoms with E-state index in [-0.39, 0.29) is 23.2 Å². The van der Waals surface area contributed by atoms with E-state index in [0.717, 1.165) is 12.8 Å². The third-order valence-corrected chi connectivity index (χ3v) is 3.55. The van der Waals surface area contributed by atoms with E-state index in [1.165, 1.54) is 0 Å². The summed E-state index contributed by atoms with van der Waals surface area (Å²) in [5.74, 6) is 0. The highest BCUT2D eigenvalue weighted by atomic mass is 35.5. The monoisotopic (exact) mass is 250 g/mol. The Balaban J connectivity index is 2.19. The van der Waals surface area contributed by atoms with Crippen LogP contribution in [0, 0.1) is 0 Å². The Morgan fingerprint density at radius 3 is 2.50 bits per heavy atom. The molecule has 0 aromatic rings. The Hall–Kier alpha value is 0.170. The Kier molecular flexibility index (Phi) is 5.51. The molecule has 0 heterocycles. The third kappa shape index (κ3) is 3.88. The van der Waals surface area contributed by atoms with Crippen LogP contribution in [0.25, 0.3) is 0 Å². The maximum absolute atomic E-state index is 6.05. The quantitative estimate of drug-likeness (QED) is 0.650. The van der Waals surface area contributed by atoms with Crippen molar-refractivity contribution in [3.63, 3.8) is 0 Å². The van der Waals surface area contributed by atoms with Crippen molar-refractivity contribution >= 4 is 11.6 Å². The molecule has 1 aliphatic rings. The lowest BCUT2D eigenvalue weighted by molar-refractivity contribution is -0.130. The number of methoxy groups -OCH3 is 1. The van der Waals surface area contributed by atoms with Gasteiger partial charge < -0.3 is 14.2 Å². The Bertz CT molecular complexity index is 208. The van der Waals surface area contributed by atoms with Crippen LogP contribution in [0.1, 0.15) is 33.6 Å². The fourth-order valence-corrected chi connectivity index (χ4v) is 2.06. The number of hydrogen-bond donors (Lipinski definition) is 0. The molecule has 3 unspecified atom stereocenters. The molecule has 16 heavy (non-hydrogen) atoms. The Morgan fingerprint density at radius 1 is 1.31 bits per heavy atom. The first-order chi connectivity index (χ1) is 7.50. The SMILES string of the molecule is CCOC1C(Cl)CC1OCCC(C)(C)OC. The van der Waals surface area contributed by atoms with Crippen LogP contribution in [0.4, 0.5) is 0 Å². The molecular weight excluding hydrogens is 228 g/mol. The zero-order valence-electron chi connectivity index (χ0n) is 10.7. The topological polar surface area (TPSA) is 27.7 Å². The van der Waals surface area contributed by atoms with Gasteiger partial charge in [-0.25, -0.2) is 0 Å². The molecule has 1 fully saturated rings. The first kappa shape index (κ1) is 14.2. The molecule has 1 saturated carbocycles. The van der Waals surface area contributed by atoms with Gasteiger partial charge in [-0.15, -0.1) is 11.6 Å². The van der Waals surface area contributed by atoms with Crippen molar-refractivity contribution in [2.24, 2.45) is 0 Å². The highest BCUT2D eigenvalue weighted by Gasteiger charge is 2.41. The minimum absolute atomic E-state index is 0.0670. The lowest BCUT2D eigenvalue weighted by Crippen LogP contribution is -2.51. The number of hydrogen-bond acceptors (Lipinski definition) is 3. The van der Waals surface area contributed by atoms with Crippen molar-refractivity contribution < 1.29 is 14.2 Å². The van der Waals surface area contributed by atoms with E-state index in [4.69, 9.17) is 25.8 Å². The van der Waals surface area contributed by atoms with Gasteiger partial charge in [-0.1, -0.05) is 0 Å². The van der Waals surface area contributed by atoms with E-state index in [1.807, 2.05) is 6.92 Å². The van der Waals surface area contributed by atoms with Gasteiger partial charge >= 0.3 is 0 Å². The normalized spacial score (nSPS) is 30.2. The first-order valence-corrected chi connectivity index (χ1v) is 6.36. The van der Waals surface area contributed by atoms with E-state index in [9.17, 15) is 0 Å². The molecule has 4 heteroatoms. The molecule has 0 N–H and O–H groups in total. The van der Waals surface area contributed by atoms with Crippen LogP contribution in [0.5, 0.6) is 0 Å². The number of rotatable bonds is 7. The Labute approximate surface area is 103 Å². The number of ether oxygens (including phenoxy) is 3. The van der Waals surface area contributed by atoms with Gasteiger partial charge in [0.05, 0.1) is 17.1 Å². The summed E-state index contributed by atoms with van der Waals surface area (Å²) in [5.41, 5.74) is -0.120. The lowest BCUT2D eigenvalue weighted by atomic mass is 9.91. The summed E-state index contributed by atoms with van der Waals surface area (Å²) >= 11 is 6.05. The zero-order chi connectivity index (χ0) is 12.2. The summed E-state index contributed by atoms with van der Waals surface area (Å²) in [6.07, 6.45) is 2.00. The number of halogens is 1. The summed E-state index contributed by atoms with van der Waals surface area (Å²) in [5, 5.41) is 0.111. The van der Waals surface area contributed by atoms with Crippen LogP contribution >= 0.6 is 11.6 Å². The average molecular weight is 251 g/mol. The average Bonchev–Trinajstić information content (AvgIpc) is 2.24. The maximum atomic E-state index is 6.05. The summed E-state index contributed by atoms with van der Waals surface area (Å²) in [6, 6.07) is 0. The molecule has 0 radical (unpaired) electrons. The first-order valence-electron chi connectivity index (χ1n) is 5.92. The molecule has 0 aliphatic heterocycles. The van der Waals surface area contributed by atoms with Crippen molar-refractivity contribution in [3.05, 3.63) is 0 Å². The van der Waals surface area contributed by atoms with Crippen molar-refractivity contribution in [1.82, 2.24) is 0 Å². The summed E-state index contributed by atoms with van der Waals surface area (Å²) in [7, 11) is 1.72. The zero-order valence-corrected chi connectivity index (χ0v) is 11.4. The summed E-state index contributed by atoms with van der Waals surface area (Å²) < 4.78 is 16.6. The molecule has 0 bridgehead atoms. The van der Waals surface area contributed by atoms with Gasteiger partial charge in [0.25, 0.3) is 0 Å². The fourth-order valence-electron chi connectivity index (χ4n) is 1.65. The molecule has 0 aromatic carbocycles. The molecule has 1 rings (SSSR count). The highest BCUT2D eigenvalue weighted by molar-refractivity contribution is 6.21. The molecule has 0 spiro atoms. The molecule has 1 aliphatic carbocycles. The molecule has 0 amide bonds. The van der Waals surface area contributed by atoms with Gasteiger partial charge in [-0.3, -0.25) is 0 Å². The van der Waals surface area contributed by atoms with Crippen LogP contribution in [-0.4, -0.2) is 43.5 Å². The van der Waals surface area contributed by atoms with Crippen LogP contribution in [0.15, 0.2) is 0 Å². The van der Waals surface area contributed by atoms with E-state index in [2.05, 4.69) is 13.8 Å².